The lowest BCUT2D eigenvalue weighted by Gasteiger charge is -2.15. The summed E-state index contributed by atoms with van der Waals surface area (Å²) < 4.78 is 2.76. The summed E-state index contributed by atoms with van der Waals surface area (Å²) in [5.74, 6) is 0.832. The van der Waals surface area contributed by atoms with E-state index in [0.717, 1.165) is 17.9 Å². The Kier molecular flexibility index (Phi) is 5.47. The second-order valence-electron chi connectivity index (χ2n) is 5.14. The quantitative estimate of drug-likeness (QED) is 0.602. The van der Waals surface area contributed by atoms with Crippen molar-refractivity contribution in [3.8, 4) is 11.5 Å². The molecule has 20 heavy (non-hydrogen) atoms. The zero-order chi connectivity index (χ0) is 14.4. The van der Waals surface area contributed by atoms with Crippen molar-refractivity contribution in [2.45, 2.75) is 52.0 Å². The fourth-order valence-corrected chi connectivity index (χ4v) is 2.70. The molecule has 1 unspecified atom stereocenters. The number of unbranched alkanes of at least 4 members (excludes halogenated alkanes) is 3. The summed E-state index contributed by atoms with van der Waals surface area (Å²) in [5, 5.41) is 7.23. The molecule has 0 fully saturated rings. The Balaban J connectivity index is 2.15. The summed E-state index contributed by atoms with van der Waals surface area (Å²) in [6, 6.07) is 6.18. The van der Waals surface area contributed by atoms with Crippen LogP contribution in [0.15, 0.2) is 24.4 Å². The summed E-state index contributed by atoms with van der Waals surface area (Å²) in [7, 11) is 0. The number of hydrogen-bond acceptors (Lipinski definition) is 3. The average Bonchev–Trinajstić information content (AvgIpc) is 2.86. The van der Waals surface area contributed by atoms with Gasteiger partial charge in [0.25, 0.3) is 0 Å². The van der Waals surface area contributed by atoms with Crippen LogP contribution in [0.5, 0.6) is 0 Å². The van der Waals surface area contributed by atoms with Gasteiger partial charge in [-0.05, 0) is 37.7 Å². The Morgan fingerprint density at radius 2 is 2.15 bits per heavy atom. The van der Waals surface area contributed by atoms with Crippen molar-refractivity contribution in [1.82, 2.24) is 19.7 Å². The summed E-state index contributed by atoms with van der Waals surface area (Å²) in [5.41, 5.74) is 0.861. The van der Waals surface area contributed by atoms with E-state index in [4.69, 9.17) is 12.2 Å². The zero-order valence-corrected chi connectivity index (χ0v) is 13.0. The second-order valence-corrected chi connectivity index (χ2v) is 5.52. The highest BCUT2D eigenvalue weighted by Gasteiger charge is 2.14. The van der Waals surface area contributed by atoms with E-state index in [2.05, 4.69) is 33.6 Å². The standard InChI is InChI=1S/C15H22N4S/c1-3-4-5-6-9-12(2)19-14(17-18-15(19)20)13-10-7-8-11-16-13/h7-8,10-12H,3-6,9H2,1-2H3,(H,18,20). The molecule has 0 aliphatic rings. The molecule has 0 aliphatic heterocycles. The van der Waals surface area contributed by atoms with Crippen LogP contribution in [0.4, 0.5) is 0 Å². The molecule has 2 rings (SSSR count). The Labute approximate surface area is 125 Å². The van der Waals surface area contributed by atoms with Gasteiger partial charge in [0.15, 0.2) is 10.6 Å². The SMILES string of the molecule is CCCCCCC(C)n1c(-c2ccccn2)n[nH]c1=S. The van der Waals surface area contributed by atoms with Crippen LogP contribution in [0, 0.1) is 4.77 Å². The van der Waals surface area contributed by atoms with Gasteiger partial charge in [-0.3, -0.25) is 14.6 Å². The molecule has 0 spiro atoms. The van der Waals surface area contributed by atoms with Crippen molar-refractivity contribution < 1.29 is 0 Å². The molecule has 1 atom stereocenters. The highest BCUT2D eigenvalue weighted by atomic mass is 32.1. The molecule has 2 aromatic heterocycles. The third-order valence-corrected chi connectivity index (χ3v) is 3.80. The first-order valence-corrected chi connectivity index (χ1v) is 7.73. The lowest BCUT2D eigenvalue weighted by Crippen LogP contribution is -2.08. The molecule has 108 valence electrons. The highest BCUT2D eigenvalue weighted by Crippen LogP contribution is 2.22. The molecule has 2 heterocycles. The molecule has 0 saturated heterocycles. The third kappa shape index (κ3) is 3.54. The van der Waals surface area contributed by atoms with Crippen LogP contribution in [-0.4, -0.2) is 19.7 Å². The number of nitrogens with one attached hydrogen (secondary N) is 1. The van der Waals surface area contributed by atoms with Crippen LogP contribution < -0.4 is 0 Å². The van der Waals surface area contributed by atoms with Crippen molar-refractivity contribution in [2.24, 2.45) is 0 Å². The monoisotopic (exact) mass is 290 g/mol. The third-order valence-electron chi connectivity index (χ3n) is 3.51. The molecule has 0 bridgehead atoms. The van der Waals surface area contributed by atoms with E-state index in [9.17, 15) is 0 Å². The first-order chi connectivity index (χ1) is 9.74. The Hall–Kier alpha value is -1.49. The minimum absolute atomic E-state index is 0.343. The summed E-state index contributed by atoms with van der Waals surface area (Å²) in [6.45, 7) is 4.43. The van der Waals surface area contributed by atoms with Gasteiger partial charge in [0.2, 0.25) is 0 Å². The number of aromatic amines is 1. The number of hydrogen-bond donors (Lipinski definition) is 1. The largest absolute Gasteiger partial charge is 0.296 e. The van der Waals surface area contributed by atoms with Gasteiger partial charge in [0, 0.05) is 12.2 Å². The zero-order valence-electron chi connectivity index (χ0n) is 12.2. The molecule has 0 aromatic carbocycles. The number of pyridine rings is 1. The molecular weight excluding hydrogens is 268 g/mol. The average molecular weight is 290 g/mol. The predicted octanol–water partition coefficient (Wildman–Crippen LogP) is 4.53. The number of aromatic nitrogens is 4. The van der Waals surface area contributed by atoms with Crippen LogP contribution in [0.1, 0.15) is 52.0 Å². The first kappa shape index (κ1) is 14.9. The van der Waals surface area contributed by atoms with E-state index in [1.807, 2.05) is 18.2 Å². The van der Waals surface area contributed by atoms with Gasteiger partial charge in [0.05, 0.1) is 0 Å². The minimum atomic E-state index is 0.343. The van der Waals surface area contributed by atoms with E-state index in [1.165, 1.54) is 25.7 Å². The molecular formula is C15H22N4S. The lowest BCUT2D eigenvalue weighted by atomic mass is 10.1. The minimum Gasteiger partial charge on any atom is -0.296 e. The first-order valence-electron chi connectivity index (χ1n) is 7.32. The molecule has 2 aromatic rings. The van der Waals surface area contributed by atoms with Gasteiger partial charge < -0.3 is 0 Å². The van der Waals surface area contributed by atoms with Crippen molar-refractivity contribution in [2.75, 3.05) is 0 Å². The van der Waals surface area contributed by atoms with Gasteiger partial charge in [-0.2, -0.15) is 5.10 Å². The normalized spacial score (nSPS) is 12.5. The smallest absolute Gasteiger partial charge is 0.195 e. The number of rotatable bonds is 7. The maximum atomic E-state index is 5.37. The maximum Gasteiger partial charge on any atom is 0.195 e. The summed E-state index contributed by atoms with van der Waals surface area (Å²) >= 11 is 5.37. The fourth-order valence-electron chi connectivity index (χ4n) is 2.38. The van der Waals surface area contributed by atoms with Crippen LogP contribution in [-0.2, 0) is 0 Å². The number of H-pyrrole nitrogens is 1. The highest BCUT2D eigenvalue weighted by molar-refractivity contribution is 7.71. The molecule has 5 heteroatoms. The van der Waals surface area contributed by atoms with Crippen LogP contribution in [0.25, 0.3) is 11.5 Å². The molecule has 1 N–H and O–H groups in total. The molecule has 4 nitrogen and oxygen atoms in total. The van der Waals surface area contributed by atoms with Gasteiger partial charge in [-0.25, -0.2) is 0 Å². The summed E-state index contributed by atoms with van der Waals surface area (Å²) in [6.07, 6.45) is 7.97. The van der Waals surface area contributed by atoms with Gasteiger partial charge >= 0.3 is 0 Å². The predicted molar refractivity (Wildman–Crippen MR) is 84.1 cm³/mol. The van der Waals surface area contributed by atoms with Crippen molar-refractivity contribution in [3.05, 3.63) is 29.2 Å². The maximum absolute atomic E-state index is 5.37. The van der Waals surface area contributed by atoms with Crippen LogP contribution in [0.3, 0.4) is 0 Å². The second kappa shape index (κ2) is 7.33. The van der Waals surface area contributed by atoms with Gasteiger partial charge in [-0.1, -0.05) is 38.7 Å². The molecule has 0 amide bonds. The van der Waals surface area contributed by atoms with Gasteiger partial charge in [0.1, 0.15) is 5.69 Å². The summed E-state index contributed by atoms with van der Waals surface area (Å²) in [4.78, 5) is 4.37. The Bertz CT molecular complexity index is 573. The van der Waals surface area contributed by atoms with E-state index >= 15 is 0 Å². The van der Waals surface area contributed by atoms with E-state index in [0.29, 0.717) is 10.8 Å². The van der Waals surface area contributed by atoms with E-state index in [1.54, 1.807) is 6.20 Å². The van der Waals surface area contributed by atoms with Crippen molar-refractivity contribution in [3.63, 3.8) is 0 Å². The van der Waals surface area contributed by atoms with Crippen molar-refractivity contribution in [1.29, 1.82) is 0 Å². The Morgan fingerprint density at radius 3 is 2.85 bits per heavy atom. The fraction of sp³-hybridized carbons (Fsp3) is 0.533. The topological polar surface area (TPSA) is 46.5 Å². The Morgan fingerprint density at radius 1 is 1.30 bits per heavy atom. The van der Waals surface area contributed by atoms with E-state index < -0.39 is 0 Å². The van der Waals surface area contributed by atoms with E-state index in [-0.39, 0.29) is 0 Å². The van der Waals surface area contributed by atoms with Crippen molar-refractivity contribution >= 4 is 12.2 Å². The molecule has 0 saturated carbocycles. The molecule has 0 radical (unpaired) electrons. The van der Waals surface area contributed by atoms with Crippen LogP contribution in [0.2, 0.25) is 0 Å². The lowest BCUT2D eigenvalue weighted by molar-refractivity contribution is 0.471. The molecule has 0 aliphatic carbocycles. The van der Waals surface area contributed by atoms with Gasteiger partial charge in [-0.15, -0.1) is 0 Å². The number of nitrogens with zero attached hydrogens (tertiary/aromatic N) is 3. The van der Waals surface area contributed by atoms with Crippen LogP contribution >= 0.6 is 12.2 Å².